The molecule has 0 aromatic heterocycles. The minimum Gasteiger partial charge on any atom is -0.478 e. The fraction of sp³-hybridized carbons (Fsp3) is 0.118. The minimum atomic E-state index is -3.88. The van der Waals surface area contributed by atoms with Crippen molar-refractivity contribution in [2.24, 2.45) is 0 Å². The highest BCUT2D eigenvalue weighted by molar-refractivity contribution is 7.92. The van der Waals surface area contributed by atoms with Crippen molar-refractivity contribution in [2.75, 3.05) is 0 Å². The lowest BCUT2D eigenvalue weighted by atomic mass is 10.2. The fourth-order valence-electron chi connectivity index (χ4n) is 1.77. The number of halogens is 1. The Morgan fingerprint density at radius 1 is 1.12 bits per heavy atom. The third-order valence-corrected chi connectivity index (χ3v) is 3.95. The van der Waals surface area contributed by atoms with E-state index in [0.29, 0.717) is 5.56 Å². The van der Waals surface area contributed by atoms with E-state index < -0.39 is 27.9 Å². The number of para-hydroxylation sites is 1. The summed E-state index contributed by atoms with van der Waals surface area (Å²) in [7, 11) is -3.88. The summed E-state index contributed by atoms with van der Waals surface area (Å²) in [5.74, 6) is -1.48. The van der Waals surface area contributed by atoms with Gasteiger partial charge in [0, 0.05) is 5.41 Å². The summed E-state index contributed by atoms with van der Waals surface area (Å²) < 4.78 is 42.3. The second kappa shape index (κ2) is 8.41. The highest BCUT2D eigenvalue weighted by Crippen LogP contribution is 2.16. The average molecular weight is 364 g/mol. The molecule has 0 unspecified atom stereocenters. The van der Waals surface area contributed by atoms with Crippen molar-refractivity contribution in [3.8, 4) is 5.75 Å². The van der Waals surface area contributed by atoms with Gasteiger partial charge in [0.1, 0.15) is 0 Å². The molecule has 0 radical (unpaired) electrons. The lowest BCUT2D eigenvalue weighted by molar-refractivity contribution is -0.127. The normalized spacial score (nSPS) is 12.7. The predicted molar refractivity (Wildman–Crippen MR) is 92.2 cm³/mol. The number of benzene rings is 2. The molecule has 2 aromatic rings. The van der Waals surface area contributed by atoms with E-state index in [1.807, 2.05) is 10.3 Å². The van der Waals surface area contributed by atoms with Gasteiger partial charge in [-0.15, -0.1) is 4.83 Å². The molecule has 0 bridgehead atoms. The molecule has 6 nitrogen and oxygen atoms in total. The fourth-order valence-corrected chi connectivity index (χ4v) is 2.42. The summed E-state index contributed by atoms with van der Waals surface area (Å²) >= 11 is 0. The molecule has 2 aromatic carbocycles. The van der Waals surface area contributed by atoms with Crippen LogP contribution in [0.1, 0.15) is 12.5 Å². The molecule has 0 fully saturated rings. The van der Waals surface area contributed by atoms with Gasteiger partial charge in [0.25, 0.3) is 15.9 Å². The summed E-state index contributed by atoms with van der Waals surface area (Å²) in [5.41, 5.74) is 2.71. The summed E-state index contributed by atoms with van der Waals surface area (Å²) in [5, 5.41) is 0.922. The van der Waals surface area contributed by atoms with Crippen molar-refractivity contribution in [3.05, 3.63) is 71.4 Å². The van der Waals surface area contributed by atoms with Crippen molar-refractivity contribution in [3.63, 3.8) is 0 Å². The van der Waals surface area contributed by atoms with Crippen molar-refractivity contribution in [1.29, 1.82) is 0 Å². The summed E-state index contributed by atoms with van der Waals surface area (Å²) in [6.07, 6.45) is 0.283. The molecule has 0 aliphatic carbocycles. The molecule has 0 saturated carbocycles. The van der Waals surface area contributed by atoms with E-state index in [-0.39, 0.29) is 5.75 Å². The van der Waals surface area contributed by atoms with Gasteiger partial charge in [-0.2, -0.15) is 0 Å². The first-order valence-electron chi connectivity index (χ1n) is 7.33. The van der Waals surface area contributed by atoms with Crippen molar-refractivity contribution in [1.82, 2.24) is 10.3 Å². The molecule has 2 N–H and O–H groups in total. The third-order valence-electron chi connectivity index (χ3n) is 3.07. The maximum absolute atomic E-state index is 13.5. The molecule has 0 saturated heterocycles. The predicted octanol–water partition coefficient (Wildman–Crippen LogP) is 2.21. The van der Waals surface area contributed by atoms with Crippen LogP contribution < -0.4 is 15.0 Å². The van der Waals surface area contributed by atoms with Gasteiger partial charge < -0.3 is 4.74 Å². The first-order chi connectivity index (χ1) is 11.9. The van der Waals surface area contributed by atoms with Crippen molar-refractivity contribution >= 4 is 22.0 Å². The number of hydrogen-bond donors (Lipinski definition) is 2. The first kappa shape index (κ1) is 18.6. The highest BCUT2D eigenvalue weighted by Gasteiger charge is 2.17. The Balaban J connectivity index is 1.90. The molecule has 1 atom stereocenters. The molecule has 8 heteroatoms. The van der Waals surface area contributed by atoms with Crippen LogP contribution in [-0.2, 0) is 14.8 Å². The Labute approximate surface area is 145 Å². The van der Waals surface area contributed by atoms with E-state index in [0.717, 1.165) is 5.41 Å². The van der Waals surface area contributed by atoms with Gasteiger partial charge in [-0.25, -0.2) is 12.8 Å². The Morgan fingerprint density at radius 3 is 2.44 bits per heavy atom. The molecule has 2 rings (SSSR count). The average Bonchev–Trinajstić information content (AvgIpc) is 2.61. The number of carbonyl (C=O) groups is 1. The molecule has 132 valence electrons. The van der Waals surface area contributed by atoms with Gasteiger partial charge >= 0.3 is 0 Å². The second-order valence-corrected chi connectivity index (χ2v) is 6.61. The summed E-state index contributed by atoms with van der Waals surface area (Å²) in [6.45, 7) is 1.37. The number of sulfonamides is 1. The Morgan fingerprint density at radius 2 is 1.76 bits per heavy atom. The number of hydrogen-bond acceptors (Lipinski definition) is 4. The maximum Gasteiger partial charge on any atom is 0.275 e. The number of carbonyl (C=O) groups excluding carboxylic acids is 1. The van der Waals surface area contributed by atoms with Crippen LogP contribution in [0.2, 0.25) is 0 Å². The van der Waals surface area contributed by atoms with Crippen LogP contribution >= 0.6 is 0 Å². The lowest BCUT2D eigenvalue weighted by Gasteiger charge is -2.15. The van der Waals surface area contributed by atoms with E-state index in [1.54, 1.807) is 36.4 Å². The largest absolute Gasteiger partial charge is 0.478 e. The van der Waals surface area contributed by atoms with E-state index in [2.05, 4.69) is 0 Å². The van der Waals surface area contributed by atoms with E-state index in [4.69, 9.17) is 4.74 Å². The quantitative estimate of drug-likeness (QED) is 0.738. The molecule has 0 heterocycles. The molecule has 1 amide bonds. The Kier molecular flexibility index (Phi) is 6.26. The summed E-state index contributed by atoms with van der Waals surface area (Å²) in [4.78, 5) is 13.8. The zero-order valence-electron chi connectivity index (χ0n) is 13.3. The second-order valence-electron chi connectivity index (χ2n) is 5.04. The van der Waals surface area contributed by atoms with Crippen LogP contribution in [-0.4, -0.2) is 20.4 Å². The molecule has 0 aliphatic heterocycles. The van der Waals surface area contributed by atoms with Gasteiger partial charge in [0.2, 0.25) is 0 Å². The van der Waals surface area contributed by atoms with Crippen LogP contribution in [0.4, 0.5) is 4.39 Å². The van der Waals surface area contributed by atoms with E-state index in [9.17, 15) is 17.6 Å². The SMILES string of the molecule is C[C@@H](Oc1ccccc1F)C(=O)NNS(=O)(=O)/C=C/c1ccccc1. The zero-order chi connectivity index (χ0) is 18.3. The monoisotopic (exact) mass is 364 g/mol. The van der Waals surface area contributed by atoms with E-state index in [1.165, 1.54) is 31.2 Å². The number of hydrazine groups is 1. The number of nitrogens with one attached hydrogen (secondary N) is 2. The smallest absolute Gasteiger partial charge is 0.275 e. The first-order valence-corrected chi connectivity index (χ1v) is 8.88. The number of amides is 1. The number of ether oxygens (including phenoxy) is 1. The van der Waals surface area contributed by atoms with Crippen LogP contribution in [0.25, 0.3) is 6.08 Å². The van der Waals surface area contributed by atoms with Crippen LogP contribution in [0.15, 0.2) is 60.0 Å². The van der Waals surface area contributed by atoms with Crippen LogP contribution in [0.3, 0.4) is 0 Å². The molecular weight excluding hydrogens is 347 g/mol. The van der Waals surface area contributed by atoms with E-state index >= 15 is 0 Å². The van der Waals surface area contributed by atoms with Gasteiger partial charge in [0.05, 0.1) is 0 Å². The van der Waals surface area contributed by atoms with Gasteiger partial charge in [0.15, 0.2) is 17.7 Å². The van der Waals surface area contributed by atoms with Crippen molar-refractivity contribution < 1.29 is 22.3 Å². The Bertz CT molecular complexity index is 854. The standard InChI is InChI=1S/C17H17FN2O4S/c1-13(24-16-10-6-5-9-15(16)18)17(21)19-20-25(22,23)12-11-14-7-3-2-4-8-14/h2-13,20H,1H3,(H,19,21)/b12-11+/t13-/m1/s1. The zero-order valence-corrected chi connectivity index (χ0v) is 14.2. The molecular formula is C17H17FN2O4S. The topological polar surface area (TPSA) is 84.5 Å². The maximum atomic E-state index is 13.5. The lowest BCUT2D eigenvalue weighted by Crippen LogP contribution is -2.46. The van der Waals surface area contributed by atoms with Gasteiger partial charge in [-0.1, -0.05) is 42.5 Å². The van der Waals surface area contributed by atoms with Crippen molar-refractivity contribution in [2.45, 2.75) is 13.0 Å². The number of rotatable bonds is 7. The van der Waals surface area contributed by atoms with Gasteiger partial charge in [-0.3, -0.25) is 10.2 Å². The summed E-state index contributed by atoms with van der Waals surface area (Å²) in [6, 6.07) is 14.4. The van der Waals surface area contributed by atoms with Crippen LogP contribution in [0, 0.1) is 5.82 Å². The van der Waals surface area contributed by atoms with Gasteiger partial charge in [-0.05, 0) is 30.7 Å². The highest BCUT2D eigenvalue weighted by atomic mass is 32.2. The third kappa shape index (κ3) is 6.02. The molecule has 25 heavy (non-hydrogen) atoms. The minimum absolute atomic E-state index is 0.100. The van der Waals surface area contributed by atoms with Crippen LogP contribution in [0.5, 0.6) is 5.75 Å². The Hall–Kier alpha value is -2.71. The molecule has 0 aliphatic rings. The molecule has 0 spiro atoms.